The van der Waals surface area contributed by atoms with Crippen molar-refractivity contribution in [2.24, 2.45) is 5.14 Å². The highest BCUT2D eigenvalue weighted by Crippen LogP contribution is 2.34. The van der Waals surface area contributed by atoms with Crippen LogP contribution in [0.15, 0.2) is 20.0 Å². The Morgan fingerprint density at radius 2 is 2.25 bits per heavy atom. The van der Waals surface area contributed by atoms with E-state index in [9.17, 15) is 13.2 Å². The van der Waals surface area contributed by atoms with Crippen LogP contribution < -0.4 is 10.5 Å². The van der Waals surface area contributed by atoms with Crippen LogP contribution in [0.2, 0.25) is 0 Å². The van der Waals surface area contributed by atoms with Crippen molar-refractivity contribution in [3.8, 4) is 0 Å². The minimum atomic E-state index is -3.93. The number of methoxy groups -OCH3 is 1. The van der Waals surface area contributed by atoms with Gasteiger partial charge in [0.05, 0.1) is 5.60 Å². The summed E-state index contributed by atoms with van der Waals surface area (Å²) < 4.78 is 32.8. The minimum absolute atomic E-state index is 0.0877. The maximum Gasteiger partial charge on any atom is 0.287 e. The van der Waals surface area contributed by atoms with Crippen molar-refractivity contribution in [3.63, 3.8) is 0 Å². The summed E-state index contributed by atoms with van der Waals surface area (Å²) in [6.45, 7) is 0.353. The summed E-state index contributed by atoms with van der Waals surface area (Å²) in [5.41, 5.74) is -0.317. The molecular formula is C11H15BrN2O5S. The zero-order valence-electron chi connectivity index (χ0n) is 10.8. The Balaban J connectivity index is 2.07. The number of sulfonamides is 1. The molecule has 3 N–H and O–H groups in total. The molecule has 0 spiro atoms. The standard InChI is InChI=1S/C11H15BrN2O5S/c1-18-11(3-2-4-11)6-14-10(15)7-5-8(9(12)19-7)20(13,16)17/h5H,2-4,6H2,1H3,(H,14,15)(H2,13,16,17). The van der Waals surface area contributed by atoms with E-state index in [0.29, 0.717) is 6.54 Å². The molecule has 0 atom stereocenters. The molecule has 0 aliphatic heterocycles. The molecule has 9 heteroatoms. The van der Waals surface area contributed by atoms with E-state index in [1.807, 2.05) is 0 Å². The number of halogens is 1. The quantitative estimate of drug-likeness (QED) is 0.806. The molecule has 1 aliphatic carbocycles. The Morgan fingerprint density at radius 3 is 2.65 bits per heavy atom. The largest absolute Gasteiger partial charge is 0.443 e. The second-order valence-electron chi connectivity index (χ2n) is 4.72. The van der Waals surface area contributed by atoms with E-state index in [2.05, 4.69) is 21.2 Å². The van der Waals surface area contributed by atoms with Crippen molar-refractivity contribution >= 4 is 31.9 Å². The molecule has 0 saturated heterocycles. The zero-order chi connectivity index (χ0) is 15.0. The Kier molecular flexibility index (Phi) is 4.24. The van der Waals surface area contributed by atoms with Gasteiger partial charge in [-0.2, -0.15) is 0 Å². The average Bonchev–Trinajstić information content (AvgIpc) is 2.70. The topological polar surface area (TPSA) is 112 Å². The highest BCUT2D eigenvalue weighted by atomic mass is 79.9. The van der Waals surface area contributed by atoms with Gasteiger partial charge in [-0.3, -0.25) is 4.79 Å². The van der Waals surface area contributed by atoms with Crippen LogP contribution in [0.3, 0.4) is 0 Å². The first-order valence-corrected chi connectivity index (χ1v) is 8.27. The van der Waals surface area contributed by atoms with Gasteiger partial charge in [0.1, 0.15) is 4.90 Å². The predicted octanol–water partition coefficient (Wildman–Crippen LogP) is 0.988. The maximum atomic E-state index is 11.9. The summed E-state index contributed by atoms with van der Waals surface area (Å²) in [5, 5.41) is 7.67. The number of furan rings is 1. The number of hydrogen-bond acceptors (Lipinski definition) is 5. The van der Waals surface area contributed by atoms with Gasteiger partial charge >= 0.3 is 0 Å². The monoisotopic (exact) mass is 366 g/mol. The summed E-state index contributed by atoms with van der Waals surface area (Å²) in [6.07, 6.45) is 2.83. The number of ether oxygens (including phenoxy) is 1. The molecule has 1 aromatic rings. The molecule has 0 unspecified atom stereocenters. The fourth-order valence-electron chi connectivity index (χ4n) is 2.01. The smallest absolute Gasteiger partial charge is 0.287 e. The molecule has 1 aromatic heterocycles. The third-order valence-electron chi connectivity index (χ3n) is 3.45. The molecule has 20 heavy (non-hydrogen) atoms. The Morgan fingerprint density at radius 1 is 1.60 bits per heavy atom. The van der Waals surface area contributed by atoms with E-state index in [1.54, 1.807) is 7.11 Å². The number of nitrogens with one attached hydrogen (secondary N) is 1. The number of primary sulfonamides is 1. The first-order chi connectivity index (χ1) is 9.27. The van der Waals surface area contributed by atoms with E-state index in [0.717, 1.165) is 25.3 Å². The van der Waals surface area contributed by atoms with Crippen molar-refractivity contribution < 1.29 is 22.4 Å². The third-order valence-corrected chi connectivity index (χ3v) is 5.22. The summed E-state index contributed by atoms with van der Waals surface area (Å²) >= 11 is 2.92. The molecule has 1 heterocycles. The molecule has 1 saturated carbocycles. The molecule has 0 radical (unpaired) electrons. The number of amides is 1. The van der Waals surface area contributed by atoms with E-state index in [4.69, 9.17) is 14.3 Å². The number of carbonyl (C=O) groups is 1. The van der Waals surface area contributed by atoms with Crippen LogP contribution >= 0.6 is 15.9 Å². The van der Waals surface area contributed by atoms with Crippen molar-refractivity contribution in [1.29, 1.82) is 0 Å². The zero-order valence-corrected chi connectivity index (χ0v) is 13.2. The molecular weight excluding hydrogens is 352 g/mol. The SMILES string of the molecule is COC1(CNC(=O)c2cc(S(N)(=O)=O)c(Br)o2)CCC1. The minimum Gasteiger partial charge on any atom is -0.443 e. The third kappa shape index (κ3) is 3.05. The van der Waals surface area contributed by atoms with Gasteiger partial charge in [-0.1, -0.05) is 0 Å². The van der Waals surface area contributed by atoms with Crippen LogP contribution in [-0.4, -0.2) is 33.6 Å². The molecule has 7 nitrogen and oxygen atoms in total. The van der Waals surface area contributed by atoms with Gasteiger partial charge in [0.25, 0.3) is 5.91 Å². The lowest BCUT2D eigenvalue weighted by Crippen LogP contribution is -2.49. The lowest BCUT2D eigenvalue weighted by molar-refractivity contribution is -0.0680. The number of nitrogens with two attached hydrogens (primary N) is 1. The van der Waals surface area contributed by atoms with Crippen molar-refractivity contribution in [1.82, 2.24) is 5.32 Å². The molecule has 112 valence electrons. The molecule has 0 aromatic carbocycles. The fraction of sp³-hybridized carbons (Fsp3) is 0.545. The Bertz CT molecular complexity index is 615. The van der Waals surface area contributed by atoms with Crippen LogP contribution in [-0.2, 0) is 14.8 Å². The van der Waals surface area contributed by atoms with Gasteiger partial charge in [0.15, 0.2) is 10.4 Å². The fourth-order valence-corrected chi connectivity index (χ4v) is 3.51. The number of rotatable bonds is 5. The number of carbonyl (C=O) groups excluding carboxylic acids is 1. The summed E-state index contributed by atoms with van der Waals surface area (Å²) in [5.74, 6) is -0.629. The van der Waals surface area contributed by atoms with Crippen LogP contribution in [0.1, 0.15) is 29.8 Å². The average molecular weight is 367 g/mol. The highest BCUT2D eigenvalue weighted by Gasteiger charge is 2.37. The van der Waals surface area contributed by atoms with Crippen molar-refractivity contribution in [2.45, 2.75) is 29.8 Å². The second-order valence-corrected chi connectivity index (χ2v) is 6.97. The van der Waals surface area contributed by atoms with Gasteiger partial charge in [0, 0.05) is 19.7 Å². The summed E-state index contributed by atoms with van der Waals surface area (Å²) in [4.78, 5) is 11.7. The van der Waals surface area contributed by atoms with Crippen LogP contribution in [0, 0.1) is 0 Å². The molecule has 0 bridgehead atoms. The molecule has 1 aliphatic rings. The van der Waals surface area contributed by atoms with Gasteiger partial charge in [-0.05, 0) is 35.2 Å². The summed E-state index contributed by atoms with van der Waals surface area (Å²) in [7, 11) is -2.33. The van der Waals surface area contributed by atoms with Gasteiger partial charge in [0.2, 0.25) is 10.0 Å². The van der Waals surface area contributed by atoms with E-state index >= 15 is 0 Å². The molecule has 1 fully saturated rings. The maximum absolute atomic E-state index is 11.9. The number of hydrogen-bond donors (Lipinski definition) is 2. The van der Waals surface area contributed by atoms with Gasteiger partial charge in [-0.25, -0.2) is 13.6 Å². The van der Waals surface area contributed by atoms with Gasteiger partial charge in [-0.15, -0.1) is 0 Å². The Hall–Kier alpha value is -0.900. The van der Waals surface area contributed by atoms with E-state index < -0.39 is 15.9 Å². The van der Waals surface area contributed by atoms with E-state index in [-0.39, 0.29) is 20.9 Å². The lowest BCUT2D eigenvalue weighted by atomic mass is 9.80. The first kappa shape index (κ1) is 15.5. The van der Waals surface area contributed by atoms with Gasteiger partial charge < -0.3 is 14.5 Å². The Labute approximate surface area is 125 Å². The molecule has 2 rings (SSSR count). The summed E-state index contributed by atoms with van der Waals surface area (Å²) in [6, 6.07) is 1.09. The lowest BCUT2D eigenvalue weighted by Gasteiger charge is -2.40. The van der Waals surface area contributed by atoms with Crippen LogP contribution in [0.25, 0.3) is 0 Å². The van der Waals surface area contributed by atoms with Crippen molar-refractivity contribution in [3.05, 3.63) is 16.5 Å². The van der Waals surface area contributed by atoms with E-state index in [1.165, 1.54) is 0 Å². The van der Waals surface area contributed by atoms with Crippen LogP contribution in [0.4, 0.5) is 0 Å². The van der Waals surface area contributed by atoms with Crippen LogP contribution in [0.5, 0.6) is 0 Å². The van der Waals surface area contributed by atoms with Crippen molar-refractivity contribution in [2.75, 3.05) is 13.7 Å². The highest BCUT2D eigenvalue weighted by molar-refractivity contribution is 9.10. The predicted molar refractivity (Wildman–Crippen MR) is 73.7 cm³/mol. The molecule has 1 amide bonds. The second kappa shape index (κ2) is 5.47. The normalized spacial score (nSPS) is 17.6. The first-order valence-electron chi connectivity index (χ1n) is 5.93.